The summed E-state index contributed by atoms with van der Waals surface area (Å²) < 4.78 is 35.7. The second-order valence-corrected chi connectivity index (χ2v) is 6.33. The molecule has 0 aliphatic heterocycles. The zero-order chi connectivity index (χ0) is 17.7. The minimum atomic E-state index is -4.24. The molecule has 0 amide bonds. The van der Waals surface area contributed by atoms with Gasteiger partial charge in [0.2, 0.25) is 0 Å². The molecule has 2 rings (SSSR count). The van der Waals surface area contributed by atoms with Gasteiger partial charge >= 0.3 is 10.1 Å². The van der Waals surface area contributed by atoms with Crippen LogP contribution in [0, 0.1) is 10.1 Å². The lowest BCUT2D eigenvalue weighted by molar-refractivity contribution is -0.385. The lowest BCUT2D eigenvalue weighted by Crippen LogP contribution is -2.13. The fourth-order valence-corrected chi connectivity index (χ4v) is 3.40. The summed E-state index contributed by atoms with van der Waals surface area (Å²) in [6.07, 6.45) is 0.392. The van der Waals surface area contributed by atoms with Gasteiger partial charge in [0.05, 0.1) is 11.5 Å². The summed E-state index contributed by atoms with van der Waals surface area (Å²) in [5, 5.41) is 10.9. The van der Waals surface area contributed by atoms with Crippen molar-refractivity contribution in [3.05, 3.63) is 58.1 Å². The monoisotopic (exact) mass is 351 g/mol. The molecule has 0 spiro atoms. The minimum Gasteiger partial charge on any atom is -0.490 e. The fourth-order valence-electron chi connectivity index (χ4n) is 2.14. The van der Waals surface area contributed by atoms with E-state index < -0.39 is 15.0 Å². The standard InChI is InChI=1S/C16H17NO6S/c1-3-12-9-10-13(17(18)19)11-16(12)24(20,21)23-15-8-6-5-7-14(15)22-4-2/h5-11H,3-4H2,1-2H3. The number of nitro benzene ring substituents is 1. The first-order valence-corrected chi connectivity index (χ1v) is 8.73. The third-order valence-corrected chi connectivity index (χ3v) is 4.58. The number of benzene rings is 2. The highest BCUT2D eigenvalue weighted by molar-refractivity contribution is 7.87. The molecule has 0 aliphatic rings. The van der Waals surface area contributed by atoms with Gasteiger partial charge in [-0.1, -0.05) is 25.1 Å². The van der Waals surface area contributed by atoms with Gasteiger partial charge in [-0.3, -0.25) is 10.1 Å². The fraction of sp³-hybridized carbons (Fsp3) is 0.250. The molecule has 0 saturated carbocycles. The smallest absolute Gasteiger partial charge is 0.339 e. The zero-order valence-electron chi connectivity index (χ0n) is 13.3. The molecule has 2 aromatic rings. The van der Waals surface area contributed by atoms with Gasteiger partial charge in [-0.15, -0.1) is 0 Å². The summed E-state index contributed by atoms with van der Waals surface area (Å²) in [7, 11) is -4.24. The van der Waals surface area contributed by atoms with Crippen LogP contribution in [0.3, 0.4) is 0 Å². The number of nitrogens with zero attached hydrogens (tertiary/aromatic N) is 1. The number of hydrogen-bond donors (Lipinski definition) is 0. The molecular weight excluding hydrogens is 334 g/mol. The molecule has 0 heterocycles. The van der Waals surface area contributed by atoms with Crippen molar-refractivity contribution in [1.82, 2.24) is 0 Å². The lowest BCUT2D eigenvalue weighted by Gasteiger charge is -2.13. The van der Waals surface area contributed by atoms with Gasteiger partial charge in [-0.25, -0.2) is 0 Å². The van der Waals surface area contributed by atoms with Crippen molar-refractivity contribution >= 4 is 15.8 Å². The van der Waals surface area contributed by atoms with Gasteiger partial charge in [0.1, 0.15) is 4.90 Å². The van der Waals surface area contributed by atoms with Gasteiger partial charge in [-0.05, 0) is 31.0 Å². The number of ether oxygens (including phenoxy) is 1. The lowest BCUT2D eigenvalue weighted by atomic mass is 10.1. The Balaban J connectivity index is 2.48. The molecule has 0 bridgehead atoms. The predicted octanol–water partition coefficient (Wildman–Crippen LogP) is 3.32. The second-order valence-electron chi connectivity index (χ2n) is 4.82. The van der Waals surface area contributed by atoms with E-state index in [1.807, 2.05) is 0 Å². The molecule has 2 aromatic carbocycles. The predicted molar refractivity (Wildman–Crippen MR) is 87.9 cm³/mol. The van der Waals surface area contributed by atoms with Crippen molar-refractivity contribution in [1.29, 1.82) is 0 Å². The van der Waals surface area contributed by atoms with Crippen LogP contribution in [0.2, 0.25) is 0 Å². The molecule has 0 aliphatic carbocycles. The van der Waals surface area contributed by atoms with Crippen LogP contribution in [0.4, 0.5) is 5.69 Å². The van der Waals surface area contributed by atoms with E-state index in [4.69, 9.17) is 8.92 Å². The largest absolute Gasteiger partial charge is 0.490 e. The third-order valence-electron chi connectivity index (χ3n) is 3.26. The minimum absolute atomic E-state index is 0.0351. The molecule has 0 unspecified atom stereocenters. The number of non-ortho nitro benzene ring substituents is 1. The summed E-state index contributed by atoms with van der Waals surface area (Å²) in [6, 6.07) is 10.1. The van der Waals surface area contributed by atoms with E-state index in [0.29, 0.717) is 18.6 Å². The van der Waals surface area contributed by atoms with Gasteiger partial charge in [-0.2, -0.15) is 8.42 Å². The maximum Gasteiger partial charge on any atom is 0.339 e. The van der Waals surface area contributed by atoms with Crippen molar-refractivity contribution < 1.29 is 22.3 Å². The van der Waals surface area contributed by atoms with Crippen molar-refractivity contribution in [2.45, 2.75) is 25.2 Å². The molecular formula is C16H17NO6S. The van der Waals surface area contributed by atoms with E-state index in [0.717, 1.165) is 6.07 Å². The van der Waals surface area contributed by atoms with Gasteiger partial charge in [0, 0.05) is 12.1 Å². The Morgan fingerprint density at radius 2 is 1.75 bits per heavy atom. The average Bonchev–Trinajstić information content (AvgIpc) is 2.56. The summed E-state index contributed by atoms with van der Waals surface area (Å²) in [5.41, 5.74) is 0.127. The summed E-state index contributed by atoms with van der Waals surface area (Å²) in [5.74, 6) is 0.319. The van der Waals surface area contributed by atoms with Crippen LogP contribution in [0.1, 0.15) is 19.4 Å². The van der Waals surface area contributed by atoms with Crippen LogP contribution >= 0.6 is 0 Å². The molecule has 0 saturated heterocycles. The van der Waals surface area contributed by atoms with E-state index in [1.165, 1.54) is 18.2 Å². The summed E-state index contributed by atoms with van der Waals surface area (Å²) in [4.78, 5) is 10.1. The molecule has 0 aromatic heterocycles. The van der Waals surface area contributed by atoms with E-state index >= 15 is 0 Å². The Kier molecular flexibility index (Phi) is 5.40. The van der Waals surface area contributed by atoms with E-state index in [-0.39, 0.29) is 22.1 Å². The maximum atomic E-state index is 12.6. The van der Waals surface area contributed by atoms with Gasteiger partial charge < -0.3 is 8.92 Å². The maximum absolute atomic E-state index is 12.6. The summed E-state index contributed by atoms with van der Waals surface area (Å²) >= 11 is 0. The number of rotatable bonds is 7. The quantitative estimate of drug-likeness (QED) is 0.431. The third kappa shape index (κ3) is 3.83. The highest BCUT2D eigenvalue weighted by Gasteiger charge is 2.24. The Morgan fingerprint density at radius 3 is 2.33 bits per heavy atom. The first-order valence-electron chi connectivity index (χ1n) is 7.32. The molecule has 7 nitrogen and oxygen atoms in total. The molecule has 0 radical (unpaired) electrons. The summed E-state index contributed by atoms with van der Waals surface area (Å²) in [6.45, 7) is 3.87. The van der Waals surface area contributed by atoms with E-state index in [2.05, 4.69) is 0 Å². The molecule has 0 N–H and O–H groups in total. The topological polar surface area (TPSA) is 95.7 Å². The first kappa shape index (κ1) is 17.7. The van der Waals surface area contributed by atoms with Crippen LogP contribution in [0.5, 0.6) is 11.5 Å². The Labute approximate surface area is 140 Å². The molecule has 0 atom stereocenters. The second kappa shape index (κ2) is 7.31. The number of para-hydroxylation sites is 2. The van der Waals surface area contributed by atoms with Crippen molar-refractivity contribution in [3.8, 4) is 11.5 Å². The van der Waals surface area contributed by atoms with Crippen LogP contribution < -0.4 is 8.92 Å². The average molecular weight is 351 g/mol. The van der Waals surface area contributed by atoms with Crippen LogP contribution in [0.25, 0.3) is 0 Å². The van der Waals surface area contributed by atoms with Crippen molar-refractivity contribution in [2.75, 3.05) is 6.61 Å². The number of aryl methyl sites for hydroxylation is 1. The Bertz CT molecular complexity index is 847. The first-order chi connectivity index (χ1) is 11.4. The van der Waals surface area contributed by atoms with Crippen LogP contribution in [-0.4, -0.2) is 19.9 Å². The van der Waals surface area contributed by atoms with Crippen LogP contribution in [-0.2, 0) is 16.5 Å². The molecule has 128 valence electrons. The van der Waals surface area contributed by atoms with Gasteiger partial charge in [0.25, 0.3) is 5.69 Å². The zero-order valence-corrected chi connectivity index (χ0v) is 14.1. The molecule has 8 heteroatoms. The van der Waals surface area contributed by atoms with E-state index in [1.54, 1.807) is 32.0 Å². The van der Waals surface area contributed by atoms with Crippen molar-refractivity contribution in [3.63, 3.8) is 0 Å². The van der Waals surface area contributed by atoms with Gasteiger partial charge in [0.15, 0.2) is 11.5 Å². The molecule has 24 heavy (non-hydrogen) atoms. The Hall–Kier alpha value is -2.61. The highest BCUT2D eigenvalue weighted by Crippen LogP contribution is 2.31. The SMILES string of the molecule is CCOc1ccccc1OS(=O)(=O)c1cc([N+](=O)[O-])ccc1CC. The number of hydrogen-bond acceptors (Lipinski definition) is 6. The van der Waals surface area contributed by atoms with Crippen LogP contribution in [0.15, 0.2) is 47.4 Å². The Morgan fingerprint density at radius 1 is 1.08 bits per heavy atom. The molecule has 0 fully saturated rings. The van der Waals surface area contributed by atoms with Crippen molar-refractivity contribution in [2.24, 2.45) is 0 Å². The number of nitro groups is 1. The highest BCUT2D eigenvalue weighted by atomic mass is 32.2. The normalized spacial score (nSPS) is 11.1. The van der Waals surface area contributed by atoms with E-state index in [9.17, 15) is 18.5 Å².